The summed E-state index contributed by atoms with van der Waals surface area (Å²) in [6, 6.07) is 12.4. The van der Waals surface area contributed by atoms with E-state index < -0.39 is 0 Å². The molecule has 5 N–H and O–H groups in total. The lowest BCUT2D eigenvalue weighted by Gasteiger charge is -2.11. The Hall–Kier alpha value is -4.27. The van der Waals surface area contributed by atoms with Crippen LogP contribution in [0.4, 0.5) is 5.82 Å². The van der Waals surface area contributed by atoms with Gasteiger partial charge in [0.05, 0.1) is 24.8 Å². The molecule has 0 fully saturated rings. The molecule has 0 bridgehead atoms. The normalized spacial score (nSPS) is 11.0. The Bertz CT molecular complexity index is 1250. The predicted octanol–water partition coefficient (Wildman–Crippen LogP) is 2.72. The maximum absolute atomic E-state index is 12.6. The number of hydrogen-bond donors (Lipinski definition) is 4. The maximum atomic E-state index is 12.6. The number of amides is 1. The Morgan fingerprint density at radius 2 is 1.67 bits per heavy atom. The summed E-state index contributed by atoms with van der Waals surface area (Å²) in [5.41, 5.74) is 10.9. The van der Waals surface area contributed by atoms with Gasteiger partial charge in [-0.2, -0.15) is 5.10 Å². The summed E-state index contributed by atoms with van der Waals surface area (Å²) in [6.07, 6.45) is 3.25. The summed E-state index contributed by atoms with van der Waals surface area (Å²) in [6.45, 7) is 5.05. The molecule has 170 valence electrons. The molecule has 3 heterocycles. The van der Waals surface area contributed by atoms with Gasteiger partial charge >= 0.3 is 0 Å². The molecule has 4 rings (SSSR count). The minimum absolute atomic E-state index is 0.0110. The first-order valence-corrected chi connectivity index (χ1v) is 10.5. The smallest absolute Gasteiger partial charge is 0.254 e. The molecule has 9 nitrogen and oxygen atoms in total. The van der Waals surface area contributed by atoms with Crippen molar-refractivity contribution in [3.05, 3.63) is 88.4 Å². The van der Waals surface area contributed by atoms with E-state index in [1.54, 1.807) is 23.1 Å². The Labute approximate surface area is 191 Å². The summed E-state index contributed by atoms with van der Waals surface area (Å²) in [4.78, 5) is 16.8. The molecular weight excluding hydrogens is 420 g/mol. The molecular formula is C24H26N6O3. The fraction of sp³-hybridized carbons (Fsp3) is 0.208. The molecule has 4 aromatic rings. The van der Waals surface area contributed by atoms with Crippen molar-refractivity contribution in [1.29, 1.82) is 0 Å². The average Bonchev–Trinajstić information content (AvgIpc) is 3.36. The highest BCUT2D eigenvalue weighted by molar-refractivity contribution is 5.93. The largest absolute Gasteiger partial charge is 0.494 e. The van der Waals surface area contributed by atoms with Crippen LogP contribution in [0.5, 0.6) is 11.8 Å². The highest BCUT2D eigenvalue weighted by atomic mass is 16.3. The number of nitrogens with zero attached hydrogens (tertiary/aromatic N) is 4. The lowest BCUT2D eigenvalue weighted by molar-refractivity contribution is 0.0950. The Kier molecular flexibility index (Phi) is 6.03. The van der Waals surface area contributed by atoms with Gasteiger partial charge in [-0.05, 0) is 42.2 Å². The number of hydrogen-bond acceptors (Lipinski definition) is 6. The van der Waals surface area contributed by atoms with E-state index in [1.165, 1.54) is 16.7 Å². The third-order valence-corrected chi connectivity index (χ3v) is 5.54. The van der Waals surface area contributed by atoms with E-state index in [0.717, 1.165) is 27.9 Å². The van der Waals surface area contributed by atoms with Crippen molar-refractivity contribution < 1.29 is 15.0 Å². The van der Waals surface area contributed by atoms with Gasteiger partial charge in [0.2, 0.25) is 0 Å². The van der Waals surface area contributed by atoms with Crippen LogP contribution in [0.3, 0.4) is 0 Å². The SMILES string of the molecule is Cc1cc(N)nc(C)c1CNC(=O)c1cnn(Cc2ccc(Cn3c(O)ccc3O)cc2)c1. The van der Waals surface area contributed by atoms with E-state index in [1.807, 2.05) is 38.1 Å². The molecule has 0 atom stereocenters. The van der Waals surface area contributed by atoms with Crippen molar-refractivity contribution in [2.45, 2.75) is 33.5 Å². The standard InChI is InChI=1S/C24H26N6O3/c1-15-9-21(25)28-16(2)20(15)11-26-24(33)19-10-27-29(14-19)12-17-3-5-18(6-4-17)13-30-22(31)7-8-23(30)32/h3-10,14,31-32H,11-13H2,1-2H3,(H2,25,28)(H,26,33). The van der Waals surface area contributed by atoms with Gasteiger partial charge in [-0.15, -0.1) is 0 Å². The highest BCUT2D eigenvalue weighted by Gasteiger charge is 2.12. The second-order valence-corrected chi connectivity index (χ2v) is 7.99. The number of pyridine rings is 1. The van der Waals surface area contributed by atoms with Crippen molar-refractivity contribution in [1.82, 2.24) is 24.6 Å². The number of aromatic hydroxyl groups is 2. The highest BCUT2D eigenvalue weighted by Crippen LogP contribution is 2.22. The van der Waals surface area contributed by atoms with Crippen LogP contribution in [0.25, 0.3) is 0 Å². The van der Waals surface area contributed by atoms with Crippen molar-refractivity contribution in [2.75, 3.05) is 5.73 Å². The van der Waals surface area contributed by atoms with Crippen LogP contribution in [0, 0.1) is 13.8 Å². The van der Waals surface area contributed by atoms with E-state index in [2.05, 4.69) is 15.4 Å². The van der Waals surface area contributed by atoms with Crippen LogP contribution in [0.2, 0.25) is 0 Å². The topological polar surface area (TPSA) is 131 Å². The van der Waals surface area contributed by atoms with Crippen LogP contribution in [-0.2, 0) is 19.6 Å². The van der Waals surface area contributed by atoms with Gasteiger partial charge in [-0.25, -0.2) is 4.98 Å². The molecule has 1 amide bonds. The summed E-state index contributed by atoms with van der Waals surface area (Å²) in [5, 5.41) is 26.8. The molecule has 0 aliphatic rings. The van der Waals surface area contributed by atoms with Gasteiger partial charge < -0.3 is 21.3 Å². The Morgan fingerprint density at radius 1 is 1.03 bits per heavy atom. The van der Waals surface area contributed by atoms with Gasteiger partial charge in [-0.1, -0.05) is 24.3 Å². The number of anilines is 1. The molecule has 0 unspecified atom stereocenters. The zero-order chi connectivity index (χ0) is 23.5. The number of benzene rings is 1. The number of nitrogens with two attached hydrogens (primary N) is 1. The zero-order valence-electron chi connectivity index (χ0n) is 18.5. The van der Waals surface area contributed by atoms with E-state index in [4.69, 9.17) is 5.73 Å². The maximum Gasteiger partial charge on any atom is 0.254 e. The average molecular weight is 447 g/mol. The van der Waals surface area contributed by atoms with E-state index in [-0.39, 0.29) is 17.7 Å². The van der Waals surface area contributed by atoms with Gasteiger partial charge in [0.15, 0.2) is 11.8 Å². The van der Waals surface area contributed by atoms with Crippen LogP contribution in [0.1, 0.15) is 38.3 Å². The number of nitrogens with one attached hydrogen (secondary N) is 1. The second kappa shape index (κ2) is 9.07. The van der Waals surface area contributed by atoms with Crippen molar-refractivity contribution >= 4 is 11.7 Å². The molecule has 0 saturated heterocycles. The molecule has 33 heavy (non-hydrogen) atoms. The fourth-order valence-corrected chi connectivity index (χ4v) is 3.72. The number of carbonyl (C=O) groups is 1. The molecule has 0 saturated carbocycles. The number of carbonyl (C=O) groups excluding carboxylic acids is 1. The number of aryl methyl sites for hydroxylation is 2. The molecule has 9 heteroatoms. The van der Waals surface area contributed by atoms with E-state index >= 15 is 0 Å². The van der Waals surface area contributed by atoms with E-state index in [9.17, 15) is 15.0 Å². The first-order valence-electron chi connectivity index (χ1n) is 10.5. The number of rotatable bonds is 7. The molecule has 1 aromatic carbocycles. The molecule has 0 spiro atoms. The lowest BCUT2D eigenvalue weighted by Crippen LogP contribution is -2.23. The monoisotopic (exact) mass is 446 g/mol. The lowest BCUT2D eigenvalue weighted by atomic mass is 10.1. The van der Waals surface area contributed by atoms with Gasteiger partial charge in [0.25, 0.3) is 5.91 Å². The van der Waals surface area contributed by atoms with Gasteiger partial charge in [0.1, 0.15) is 5.82 Å². The van der Waals surface area contributed by atoms with Crippen LogP contribution in [-0.4, -0.2) is 35.5 Å². The first-order chi connectivity index (χ1) is 15.8. The molecule has 0 aliphatic heterocycles. The zero-order valence-corrected chi connectivity index (χ0v) is 18.5. The van der Waals surface area contributed by atoms with Crippen LogP contribution >= 0.6 is 0 Å². The third kappa shape index (κ3) is 4.98. The van der Waals surface area contributed by atoms with Gasteiger partial charge in [-0.3, -0.25) is 14.0 Å². The minimum atomic E-state index is -0.210. The van der Waals surface area contributed by atoms with E-state index in [0.29, 0.717) is 31.0 Å². The van der Waals surface area contributed by atoms with Crippen molar-refractivity contribution in [2.24, 2.45) is 0 Å². The third-order valence-electron chi connectivity index (χ3n) is 5.54. The first kappa shape index (κ1) is 21.9. The van der Waals surface area contributed by atoms with Gasteiger partial charge in [0, 0.05) is 30.6 Å². The summed E-state index contributed by atoms with van der Waals surface area (Å²) in [7, 11) is 0. The van der Waals surface area contributed by atoms with Crippen LogP contribution in [0.15, 0.2) is 54.9 Å². The van der Waals surface area contributed by atoms with Crippen molar-refractivity contribution in [3.63, 3.8) is 0 Å². The molecule has 3 aromatic heterocycles. The Morgan fingerprint density at radius 3 is 2.30 bits per heavy atom. The fourth-order valence-electron chi connectivity index (χ4n) is 3.72. The number of nitrogen functional groups attached to an aromatic ring is 1. The van der Waals surface area contributed by atoms with Crippen molar-refractivity contribution in [3.8, 4) is 11.8 Å². The van der Waals surface area contributed by atoms with Crippen LogP contribution < -0.4 is 11.1 Å². The minimum Gasteiger partial charge on any atom is -0.494 e. The Balaban J connectivity index is 1.36. The second-order valence-electron chi connectivity index (χ2n) is 7.99. The summed E-state index contributed by atoms with van der Waals surface area (Å²) < 4.78 is 3.12. The summed E-state index contributed by atoms with van der Waals surface area (Å²) >= 11 is 0. The molecule has 0 aliphatic carbocycles. The predicted molar refractivity (Wildman–Crippen MR) is 124 cm³/mol. The number of aromatic nitrogens is 4. The molecule has 0 radical (unpaired) electrons. The summed E-state index contributed by atoms with van der Waals surface area (Å²) in [5.74, 6) is 0.280. The quantitative estimate of drug-likeness (QED) is 0.345.